The molecule has 0 saturated heterocycles. The summed E-state index contributed by atoms with van der Waals surface area (Å²) in [4.78, 5) is 18.3. The van der Waals surface area contributed by atoms with Gasteiger partial charge in [-0.15, -0.1) is 0 Å². The SMILES string of the molecule is CCOc1c(Cl)cc(/C=C/C(=O)N(C)C(C)c2ccc(-n3cncn3)cc2)cc1OC. The number of rotatable bonds is 8. The molecule has 31 heavy (non-hydrogen) atoms. The Kier molecular flexibility index (Phi) is 7.31. The van der Waals surface area contributed by atoms with E-state index in [0.29, 0.717) is 23.1 Å². The molecule has 7 nitrogen and oxygen atoms in total. The van der Waals surface area contributed by atoms with Crippen LogP contribution in [0.15, 0.2) is 55.1 Å². The van der Waals surface area contributed by atoms with Gasteiger partial charge in [0.05, 0.1) is 30.5 Å². The molecule has 3 aromatic rings. The highest BCUT2D eigenvalue weighted by atomic mass is 35.5. The summed E-state index contributed by atoms with van der Waals surface area (Å²) >= 11 is 6.31. The Balaban J connectivity index is 1.71. The molecule has 162 valence electrons. The zero-order valence-corrected chi connectivity index (χ0v) is 18.7. The van der Waals surface area contributed by atoms with Gasteiger partial charge in [0.15, 0.2) is 11.5 Å². The van der Waals surface area contributed by atoms with E-state index in [1.807, 2.05) is 38.1 Å². The Hall–Kier alpha value is -3.32. The Morgan fingerprint density at radius 3 is 2.65 bits per heavy atom. The lowest BCUT2D eigenvalue weighted by Gasteiger charge is -2.24. The molecule has 1 heterocycles. The van der Waals surface area contributed by atoms with Gasteiger partial charge in [0.2, 0.25) is 5.91 Å². The molecule has 1 aromatic heterocycles. The average Bonchev–Trinajstić information content (AvgIpc) is 3.33. The number of benzene rings is 2. The molecule has 0 aliphatic carbocycles. The number of aromatic nitrogens is 3. The predicted octanol–water partition coefficient (Wildman–Crippen LogP) is 4.56. The van der Waals surface area contributed by atoms with E-state index in [4.69, 9.17) is 21.1 Å². The highest BCUT2D eigenvalue weighted by molar-refractivity contribution is 6.32. The van der Waals surface area contributed by atoms with Crippen molar-refractivity contribution in [3.8, 4) is 17.2 Å². The van der Waals surface area contributed by atoms with E-state index >= 15 is 0 Å². The minimum Gasteiger partial charge on any atom is -0.493 e. The van der Waals surface area contributed by atoms with Crippen molar-refractivity contribution in [2.75, 3.05) is 20.8 Å². The van der Waals surface area contributed by atoms with Gasteiger partial charge >= 0.3 is 0 Å². The van der Waals surface area contributed by atoms with Crippen molar-refractivity contribution in [2.45, 2.75) is 19.9 Å². The van der Waals surface area contributed by atoms with Gasteiger partial charge < -0.3 is 14.4 Å². The number of hydrogen-bond donors (Lipinski definition) is 0. The van der Waals surface area contributed by atoms with Gasteiger partial charge in [-0.1, -0.05) is 23.7 Å². The van der Waals surface area contributed by atoms with Crippen molar-refractivity contribution in [1.82, 2.24) is 19.7 Å². The zero-order valence-electron chi connectivity index (χ0n) is 17.9. The van der Waals surface area contributed by atoms with Crippen molar-refractivity contribution in [1.29, 1.82) is 0 Å². The molecule has 1 unspecified atom stereocenters. The van der Waals surface area contributed by atoms with Crippen LogP contribution in [0.2, 0.25) is 5.02 Å². The van der Waals surface area contributed by atoms with Gasteiger partial charge in [-0.25, -0.2) is 9.67 Å². The maximum absolute atomic E-state index is 12.7. The third kappa shape index (κ3) is 5.24. The summed E-state index contributed by atoms with van der Waals surface area (Å²) in [6.07, 6.45) is 6.36. The largest absolute Gasteiger partial charge is 0.493 e. The van der Waals surface area contributed by atoms with Gasteiger partial charge in [-0.2, -0.15) is 5.10 Å². The number of carbonyl (C=O) groups is 1. The molecule has 0 spiro atoms. The van der Waals surface area contributed by atoms with Crippen LogP contribution in [0.25, 0.3) is 11.8 Å². The number of halogens is 1. The van der Waals surface area contributed by atoms with E-state index in [-0.39, 0.29) is 11.9 Å². The molecule has 0 fully saturated rings. The number of ether oxygens (including phenoxy) is 2. The minimum atomic E-state index is -0.128. The molecule has 1 atom stereocenters. The Morgan fingerprint density at radius 2 is 2.03 bits per heavy atom. The van der Waals surface area contributed by atoms with Gasteiger partial charge in [0.1, 0.15) is 12.7 Å². The first-order valence-corrected chi connectivity index (χ1v) is 10.2. The molecular formula is C23H25ClN4O3. The lowest BCUT2D eigenvalue weighted by Crippen LogP contribution is -2.27. The molecule has 0 aliphatic heterocycles. The first-order valence-electron chi connectivity index (χ1n) is 9.84. The van der Waals surface area contributed by atoms with Crippen LogP contribution in [-0.4, -0.2) is 46.3 Å². The van der Waals surface area contributed by atoms with Crippen LogP contribution < -0.4 is 9.47 Å². The van der Waals surface area contributed by atoms with Crippen molar-refractivity contribution in [3.63, 3.8) is 0 Å². The minimum absolute atomic E-state index is 0.111. The topological polar surface area (TPSA) is 69.5 Å². The number of likely N-dealkylation sites (N-methyl/N-ethyl adjacent to an activating group) is 1. The van der Waals surface area contributed by atoms with Crippen molar-refractivity contribution in [2.24, 2.45) is 0 Å². The molecule has 0 aliphatic rings. The van der Waals surface area contributed by atoms with Gasteiger partial charge in [-0.05, 0) is 55.3 Å². The van der Waals surface area contributed by atoms with Crippen LogP contribution in [0.4, 0.5) is 0 Å². The van der Waals surface area contributed by atoms with Crippen LogP contribution in [-0.2, 0) is 4.79 Å². The summed E-state index contributed by atoms with van der Waals surface area (Å²) in [6.45, 7) is 4.33. The van der Waals surface area contributed by atoms with Gasteiger partial charge in [0.25, 0.3) is 0 Å². The fraction of sp³-hybridized carbons (Fsp3) is 0.261. The summed E-state index contributed by atoms with van der Waals surface area (Å²) in [5, 5.41) is 4.55. The zero-order chi connectivity index (χ0) is 22.4. The molecule has 0 saturated carbocycles. The normalized spacial score (nSPS) is 12.0. The molecular weight excluding hydrogens is 416 g/mol. The number of amides is 1. The fourth-order valence-electron chi connectivity index (χ4n) is 3.07. The first-order chi connectivity index (χ1) is 14.9. The van der Waals surface area contributed by atoms with Crippen molar-refractivity contribution >= 4 is 23.6 Å². The summed E-state index contributed by atoms with van der Waals surface area (Å²) in [7, 11) is 3.32. The summed E-state index contributed by atoms with van der Waals surface area (Å²) in [6, 6.07) is 11.3. The van der Waals surface area contributed by atoms with Crippen LogP contribution in [0, 0.1) is 0 Å². The van der Waals surface area contributed by atoms with Crippen molar-refractivity contribution < 1.29 is 14.3 Å². The second-order valence-corrected chi connectivity index (χ2v) is 7.26. The molecule has 0 N–H and O–H groups in total. The van der Waals surface area contributed by atoms with Gasteiger partial charge in [0, 0.05) is 13.1 Å². The summed E-state index contributed by atoms with van der Waals surface area (Å²) in [5.74, 6) is 0.891. The Labute approximate surface area is 186 Å². The third-order valence-electron chi connectivity index (χ3n) is 4.95. The van der Waals surface area contributed by atoms with E-state index < -0.39 is 0 Å². The molecule has 0 radical (unpaired) electrons. The molecule has 0 bridgehead atoms. The van der Waals surface area contributed by atoms with Gasteiger partial charge in [-0.3, -0.25) is 4.79 Å². The maximum atomic E-state index is 12.7. The first kappa shape index (κ1) is 22.4. The third-order valence-corrected chi connectivity index (χ3v) is 5.23. The van der Waals surface area contributed by atoms with E-state index in [1.54, 1.807) is 48.3 Å². The number of methoxy groups -OCH3 is 1. The standard InChI is InChI=1S/C23H25ClN4O3/c1-5-31-23-20(24)12-17(13-21(23)30-4)6-11-22(29)27(3)16(2)18-7-9-19(10-8-18)28-15-25-14-26-28/h6-16H,5H2,1-4H3/b11-6+. The number of carbonyl (C=O) groups excluding carboxylic acids is 1. The van der Waals surface area contributed by atoms with Crippen molar-refractivity contribution in [3.05, 3.63) is 71.3 Å². The maximum Gasteiger partial charge on any atom is 0.246 e. The number of nitrogens with zero attached hydrogens (tertiary/aromatic N) is 4. The second-order valence-electron chi connectivity index (χ2n) is 6.86. The highest BCUT2D eigenvalue weighted by Crippen LogP contribution is 2.36. The smallest absolute Gasteiger partial charge is 0.246 e. The monoisotopic (exact) mass is 440 g/mol. The lowest BCUT2D eigenvalue weighted by molar-refractivity contribution is -0.126. The molecule has 8 heteroatoms. The summed E-state index contributed by atoms with van der Waals surface area (Å²) < 4.78 is 12.6. The number of hydrogen-bond acceptors (Lipinski definition) is 5. The van der Waals surface area contributed by atoms with E-state index in [9.17, 15) is 4.79 Å². The van der Waals surface area contributed by atoms with E-state index in [1.165, 1.54) is 12.4 Å². The average molecular weight is 441 g/mol. The van der Waals surface area contributed by atoms with Crippen LogP contribution in [0.1, 0.15) is 31.0 Å². The second kappa shape index (κ2) is 10.1. The highest BCUT2D eigenvalue weighted by Gasteiger charge is 2.16. The summed E-state index contributed by atoms with van der Waals surface area (Å²) in [5.41, 5.74) is 2.67. The van der Waals surface area contributed by atoms with E-state index in [2.05, 4.69) is 10.1 Å². The van der Waals surface area contributed by atoms with Crippen LogP contribution in [0.3, 0.4) is 0 Å². The lowest BCUT2D eigenvalue weighted by atomic mass is 10.1. The molecule has 3 rings (SSSR count). The molecule has 1 amide bonds. The molecule has 2 aromatic carbocycles. The van der Waals surface area contributed by atoms with Crippen LogP contribution >= 0.6 is 11.6 Å². The fourth-order valence-corrected chi connectivity index (χ4v) is 3.34. The quantitative estimate of drug-likeness (QED) is 0.480. The Morgan fingerprint density at radius 1 is 1.29 bits per heavy atom. The Bertz CT molecular complexity index is 1050. The van der Waals surface area contributed by atoms with Crippen LogP contribution in [0.5, 0.6) is 11.5 Å². The van der Waals surface area contributed by atoms with E-state index in [0.717, 1.165) is 16.8 Å². The predicted molar refractivity (Wildman–Crippen MR) is 121 cm³/mol.